The fraction of sp³-hybridized carbons (Fsp3) is 0.379. The first-order chi connectivity index (χ1) is 17.1. The summed E-state index contributed by atoms with van der Waals surface area (Å²) >= 11 is 0. The number of ketones is 1. The molecule has 1 heterocycles. The molecule has 1 N–H and O–H groups in total. The minimum atomic E-state index is -0.713. The van der Waals surface area contributed by atoms with Crippen LogP contribution in [0.4, 0.5) is 0 Å². The van der Waals surface area contributed by atoms with Gasteiger partial charge in [-0.05, 0) is 68.4 Å². The van der Waals surface area contributed by atoms with Crippen molar-refractivity contribution in [2.24, 2.45) is 5.92 Å². The Kier molecular flexibility index (Phi) is 8.93. The summed E-state index contributed by atoms with van der Waals surface area (Å²) in [6, 6.07) is 11.8. The molecule has 0 bridgehead atoms. The normalized spacial score (nSPS) is 17.2. The van der Waals surface area contributed by atoms with Gasteiger partial charge < -0.3 is 24.4 Å². The van der Waals surface area contributed by atoms with Crippen LogP contribution in [0.5, 0.6) is 11.5 Å². The van der Waals surface area contributed by atoms with Crippen molar-refractivity contribution in [3.05, 3.63) is 77.4 Å². The number of amides is 1. The first-order valence-corrected chi connectivity index (χ1v) is 12.1. The first-order valence-electron chi connectivity index (χ1n) is 12.1. The van der Waals surface area contributed by atoms with Crippen LogP contribution >= 0.6 is 0 Å². The zero-order valence-corrected chi connectivity index (χ0v) is 21.8. The second-order valence-electron chi connectivity index (χ2n) is 9.65. The van der Waals surface area contributed by atoms with Crippen molar-refractivity contribution in [1.29, 1.82) is 0 Å². The standard InChI is InChI=1S/C29H36N2O5/c1-7-16-35-22-10-8-21(9-11-22)26-25(28(33)29(34)31(26)15-14-30(5)6)27(32)24-13-12-23(17-20(24)4)36-18-19(2)3/h7-13,17,19,26,32H,1,14-16,18H2,2-6H3/b27-25+. The number of hydrogen-bond acceptors (Lipinski definition) is 6. The van der Waals surface area contributed by atoms with Crippen LogP contribution in [-0.4, -0.2) is 67.0 Å². The fourth-order valence-corrected chi connectivity index (χ4v) is 4.07. The van der Waals surface area contributed by atoms with Gasteiger partial charge in [-0.15, -0.1) is 0 Å². The number of aryl methyl sites for hydroxylation is 1. The molecule has 0 radical (unpaired) electrons. The maximum atomic E-state index is 13.2. The molecule has 3 rings (SSSR count). The number of rotatable bonds is 11. The van der Waals surface area contributed by atoms with Crippen molar-refractivity contribution in [2.45, 2.75) is 26.8 Å². The number of carbonyl (C=O) groups excluding carboxylic acids is 2. The van der Waals surface area contributed by atoms with Crippen LogP contribution in [-0.2, 0) is 9.59 Å². The predicted octanol–water partition coefficient (Wildman–Crippen LogP) is 4.58. The van der Waals surface area contributed by atoms with E-state index in [1.54, 1.807) is 30.3 Å². The van der Waals surface area contributed by atoms with E-state index < -0.39 is 17.7 Å². The molecule has 1 saturated heterocycles. The average molecular weight is 493 g/mol. The second-order valence-corrected chi connectivity index (χ2v) is 9.65. The fourth-order valence-electron chi connectivity index (χ4n) is 4.07. The van der Waals surface area contributed by atoms with Gasteiger partial charge in [0.15, 0.2) is 0 Å². The molecule has 2 aromatic carbocycles. The Morgan fingerprint density at radius 2 is 1.78 bits per heavy atom. The molecule has 2 aromatic rings. The van der Waals surface area contributed by atoms with Gasteiger partial charge in [0.25, 0.3) is 11.7 Å². The number of Topliss-reactive ketones (excluding diaryl/α,β-unsaturated/α-hetero) is 1. The Bertz CT molecular complexity index is 1130. The van der Waals surface area contributed by atoms with E-state index in [1.165, 1.54) is 4.90 Å². The van der Waals surface area contributed by atoms with Crippen LogP contribution in [0.3, 0.4) is 0 Å². The molecule has 1 atom stereocenters. The molecule has 1 unspecified atom stereocenters. The third-order valence-electron chi connectivity index (χ3n) is 5.93. The molecule has 7 nitrogen and oxygen atoms in total. The SMILES string of the molecule is C=CCOc1ccc(C2/C(=C(\O)c3ccc(OCC(C)C)cc3C)C(=O)C(=O)N2CCN(C)C)cc1. The highest BCUT2D eigenvalue weighted by molar-refractivity contribution is 6.46. The van der Waals surface area contributed by atoms with Crippen LogP contribution in [0, 0.1) is 12.8 Å². The summed E-state index contributed by atoms with van der Waals surface area (Å²) in [5.41, 5.74) is 2.04. The van der Waals surface area contributed by atoms with E-state index in [9.17, 15) is 14.7 Å². The molecule has 1 fully saturated rings. The van der Waals surface area contributed by atoms with Crippen LogP contribution in [0.25, 0.3) is 5.76 Å². The zero-order chi connectivity index (χ0) is 26.4. The number of aliphatic hydroxyl groups excluding tert-OH is 1. The van der Waals surface area contributed by atoms with E-state index in [0.717, 1.165) is 11.1 Å². The maximum Gasteiger partial charge on any atom is 0.295 e. The second kappa shape index (κ2) is 11.9. The Morgan fingerprint density at radius 1 is 1.11 bits per heavy atom. The van der Waals surface area contributed by atoms with Crippen molar-refractivity contribution >= 4 is 17.4 Å². The molecular weight excluding hydrogens is 456 g/mol. The Morgan fingerprint density at radius 3 is 2.36 bits per heavy atom. The lowest BCUT2D eigenvalue weighted by Gasteiger charge is -2.26. The van der Waals surface area contributed by atoms with E-state index in [4.69, 9.17) is 9.47 Å². The molecule has 0 aliphatic carbocycles. The molecule has 0 saturated carbocycles. The van der Waals surface area contributed by atoms with Gasteiger partial charge in [-0.2, -0.15) is 0 Å². The highest BCUT2D eigenvalue weighted by Gasteiger charge is 2.46. The van der Waals surface area contributed by atoms with Gasteiger partial charge in [0, 0.05) is 18.7 Å². The van der Waals surface area contributed by atoms with Gasteiger partial charge in [0.2, 0.25) is 0 Å². The van der Waals surface area contributed by atoms with Gasteiger partial charge in [-0.1, -0.05) is 38.6 Å². The summed E-state index contributed by atoms with van der Waals surface area (Å²) in [6.45, 7) is 11.5. The summed E-state index contributed by atoms with van der Waals surface area (Å²) in [5.74, 6) is 0.218. The van der Waals surface area contributed by atoms with Crippen molar-refractivity contribution in [3.63, 3.8) is 0 Å². The highest BCUT2D eigenvalue weighted by atomic mass is 16.5. The van der Waals surface area contributed by atoms with Gasteiger partial charge >= 0.3 is 0 Å². The summed E-state index contributed by atoms with van der Waals surface area (Å²) < 4.78 is 11.4. The van der Waals surface area contributed by atoms with E-state index >= 15 is 0 Å². The zero-order valence-electron chi connectivity index (χ0n) is 21.8. The summed E-state index contributed by atoms with van der Waals surface area (Å²) in [7, 11) is 3.81. The Balaban J connectivity index is 2.05. The number of nitrogens with zero attached hydrogens (tertiary/aromatic N) is 2. The van der Waals surface area contributed by atoms with Crippen molar-refractivity contribution < 1.29 is 24.2 Å². The quantitative estimate of drug-likeness (QED) is 0.214. The lowest BCUT2D eigenvalue weighted by Crippen LogP contribution is -2.35. The topological polar surface area (TPSA) is 79.3 Å². The minimum absolute atomic E-state index is 0.0810. The molecule has 7 heteroatoms. The summed E-state index contributed by atoms with van der Waals surface area (Å²) in [4.78, 5) is 29.8. The highest BCUT2D eigenvalue weighted by Crippen LogP contribution is 2.40. The predicted molar refractivity (Wildman–Crippen MR) is 141 cm³/mol. The van der Waals surface area contributed by atoms with E-state index in [0.29, 0.717) is 49.3 Å². The molecule has 0 aromatic heterocycles. The molecular formula is C29H36N2O5. The monoisotopic (exact) mass is 492 g/mol. The van der Waals surface area contributed by atoms with Crippen molar-refractivity contribution in [3.8, 4) is 11.5 Å². The lowest BCUT2D eigenvalue weighted by atomic mass is 9.94. The van der Waals surface area contributed by atoms with Crippen molar-refractivity contribution in [2.75, 3.05) is 40.4 Å². The van der Waals surface area contributed by atoms with Gasteiger partial charge in [-0.3, -0.25) is 9.59 Å². The van der Waals surface area contributed by atoms with Gasteiger partial charge in [0.05, 0.1) is 18.2 Å². The lowest BCUT2D eigenvalue weighted by molar-refractivity contribution is -0.140. The first kappa shape index (κ1) is 27.0. The molecule has 1 aliphatic heterocycles. The van der Waals surface area contributed by atoms with Crippen LogP contribution in [0.1, 0.15) is 36.6 Å². The number of hydrogen-bond donors (Lipinski definition) is 1. The number of benzene rings is 2. The number of likely N-dealkylation sites (tertiary alicyclic amines) is 1. The van der Waals surface area contributed by atoms with Gasteiger partial charge in [-0.25, -0.2) is 0 Å². The number of carbonyl (C=O) groups is 2. The van der Waals surface area contributed by atoms with Gasteiger partial charge in [0.1, 0.15) is 23.9 Å². The maximum absolute atomic E-state index is 13.2. The number of aliphatic hydroxyl groups is 1. The summed E-state index contributed by atoms with van der Waals surface area (Å²) in [6.07, 6.45) is 1.66. The van der Waals surface area contributed by atoms with Crippen LogP contribution in [0.2, 0.25) is 0 Å². The Hall–Kier alpha value is -3.58. The van der Waals surface area contributed by atoms with E-state index in [2.05, 4.69) is 20.4 Å². The molecule has 1 aliphatic rings. The van der Waals surface area contributed by atoms with Crippen molar-refractivity contribution in [1.82, 2.24) is 9.80 Å². The van der Waals surface area contributed by atoms with E-state index in [-0.39, 0.29) is 11.3 Å². The summed E-state index contributed by atoms with van der Waals surface area (Å²) in [5, 5.41) is 11.4. The number of ether oxygens (including phenoxy) is 2. The molecule has 36 heavy (non-hydrogen) atoms. The largest absolute Gasteiger partial charge is 0.507 e. The van der Waals surface area contributed by atoms with Crippen LogP contribution in [0.15, 0.2) is 60.7 Å². The average Bonchev–Trinajstić information content (AvgIpc) is 3.09. The smallest absolute Gasteiger partial charge is 0.295 e. The molecule has 0 spiro atoms. The third kappa shape index (κ3) is 6.15. The van der Waals surface area contributed by atoms with Crippen LogP contribution < -0.4 is 9.47 Å². The molecule has 1 amide bonds. The third-order valence-corrected chi connectivity index (χ3v) is 5.93. The Labute approximate surface area is 213 Å². The van der Waals surface area contributed by atoms with E-state index in [1.807, 2.05) is 44.1 Å². The molecule has 192 valence electrons. The number of likely N-dealkylation sites (N-methyl/N-ethyl adjacent to an activating group) is 1. The minimum Gasteiger partial charge on any atom is -0.507 e.